The van der Waals surface area contributed by atoms with E-state index < -0.39 is 11.9 Å². The normalized spacial score (nSPS) is 11.6. The third-order valence-electron chi connectivity index (χ3n) is 5.67. The fourth-order valence-electron chi connectivity index (χ4n) is 3.62. The number of ether oxygens (including phenoxy) is 4. The van der Waals surface area contributed by atoms with Crippen molar-refractivity contribution in [3.05, 3.63) is 59.7 Å². The molecule has 0 fully saturated rings. The lowest BCUT2D eigenvalue weighted by atomic mass is 10.1. The van der Waals surface area contributed by atoms with Crippen LogP contribution in [0.5, 0.6) is 11.5 Å². The first kappa shape index (κ1) is 29.4. The smallest absolute Gasteiger partial charge is 0.343 e. The minimum Gasteiger partial charge on any atom is -0.494 e. The second kappa shape index (κ2) is 17.6. The maximum atomic E-state index is 12.5. The molecule has 36 heavy (non-hydrogen) atoms. The summed E-state index contributed by atoms with van der Waals surface area (Å²) in [5.41, 5.74) is 0.814. The zero-order chi connectivity index (χ0) is 26.0. The molecular formula is C30H42O6. The van der Waals surface area contributed by atoms with Crippen molar-refractivity contribution in [1.29, 1.82) is 0 Å². The van der Waals surface area contributed by atoms with Crippen LogP contribution in [-0.4, -0.2) is 37.9 Å². The van der Waals surface area contributed by atoms with Crippen LogP contribution in [0.25, 0.3) is 0 Å². The Morgan fingerprint density at radius 2 is 1.22 bits per heavy atom. The van der Waals surface area contributed by atoms with Gasteiger partial charge in [-0.05, 0) is 68.3 Å². The molecule has 1 unspecified atom stereocenters. The summed E-state index contributed by atoms with van der Waals surface area (Å²) in [6.45, 7) is 7.72. The number of carbonyl (C=O) groups is 2. The molecule has 0 aliphatic heterocycles. The lowest BCUT2D eigenvalue weighted by Crippen LogP contribution is -2.20. The summed E-state index contributed by atoms with van der Waals surface area (Å²) in [7, 11) is 0. The van der Waals surface area contributed by atoms with Crippen molar-refractivity contribution in [2.24, 2.45) is 0 Å². The third-order valence-corrected chi connectivity index (χ3v) is 5.67. The molecule has 0 bridgehead atoms. The molecule has 0 saturated carbocycles. The lowest BCUT2D eigenvalue weighted by Gasteiger charge is -2.13. The Balaban J connectivity index is 1.70. The molecule has 0 aliphatic carbocycles. The van der Waals surface area contributed by atoms with Gasteiger partial charge < -0.3 is 18.9 Å². The first-order valence-corrected chi connectivity index (χ1v) is 13.4. The minimum atomic E-state index is -0.471. The molecule has 0 radical (unpaired) electrons. The highest BCUT2D eigenvalue weighted by atomic mass is 16.6. The molecule has 1 atom stereocenters. The summed E-state index contributed by atoms with van der Waals surface area (Å²) in [5.74, 6) is 0.183. The van der Waals surface area contributed by atoms with Gasteiger partial charge in [-0.1, -0.05) is 58.8 Å². The van der Waals surface area contributed by atoms with Gasteiger partial charge in [0.05, 0.1) is 24.3 Å². The molecule has 0 saturated heterocycles. The van der Waals surface area contributed by atoms with Crippen LogP contribution < -0.4 is 9.47 Å². The van der Waals surface area contributed by atoms with Gasteiger partial charge >= 0.3 is 11.9 Å². The molecular weight excluding hydrogens is 456 g/mol. The van der Waals surface area contributed by atoms with Crippen molar-refractivity contribution in [3.63, 3.8) is 0 Å². The Morgan fingerprint density at radius 1 is 0.667 bits per heavy atom. The van der Waals surface area contributed by atoms with Crippen molar-refractivity contribution in [1.82, 2.24) is 0 Å². The molecule has 2 rings (SSSR count). The second-order valence-corrected chi connectivity index (χ2v) is 9.05. The van der Waals surface area contributed by atoms with E-state index in [4.69, 9.17) is 18.9 Å². The largest absolute Gasteiger partial charge is 0.494 e. The molecule has 0 spiro atoms. The van der Waals surface area contributed by atoms with E-state index in [1.165, 1.54) is 44.9 Å². The van der Waals surface area contributed by atoms with E-state index >= 15 is 0 Å². The zero-order valence-corrected chi connectivity index (χ0v) is 22.1. The van der Waals surface area contributed by atoms with Gasteiger partial charge in [0, 0.05) is 6.61 Å². The maximum Gasteiger partial charge on any atom is 0.343 e. The first-order valence-electron chi connectivity index (χ1n) is 13.4. The number of benzene rings is 2. The van der Waals surface area contributed by atoms with E-state index in [0.717, 1.165) is 18.6 Å². The van der Waals surface area contributed by atoms with Crippen molar-refractivity contribution in [2.45, 2.75) is 84.7 Å². The van der Waals surface area contributed by atoms with Crippen molar-refractivity contribution >= 4 is 11.9 Å². The van der Waals surface area contributed by atoms with Gasteiger partial charge in [0.25, 0.3) is 0 Å². The van der Waals surface area contributed by atoms with Crippen LogP contribution >= 0.6 is 0 Å². The number of carbonyl (C=O) groups excluding carboxylic acids is 2. The highest BCUT2D eigenvalue weighted by Gasteiger charge is 2.14. The Kier molecular flexibility index (Phi) is 14.3. The Hall–Kier alpha value is -2.86. The highest BCUT2D eigenvalue weighted by Crippen LogP contribution is 2.18. The fraction of sp³-hybridized carbons (Fsp3) is 0.533. The van der Waals surface area contributed by atoms with Crippen molar-refractivity contribution in [2.75, 3.05) is 19.8 Å². The summed E-state index contributed by atoms with van der Waals surface area (Å²) in [5, 5.41) is 0. The maximum absolute atomic E-state index is 12.5. The van der Waals surface area contributed by atoms with E-state index in [9.17, 15) is 9.59 Å². The van der Waals surface area contributed by atoms with Gasteiger partial charge in [0.2, 0.25) is 0 Å². The van der Waals surface area contributed by atoms with E-state index in [0.29, 0.717) is 36.7 Å². The van der Waals surface area contributed by atoms with Crippen LogP contribution in [0.3, 0.4) is 0 Å². The van der Waals surface area contributed by atoms with E-state index in [2.05, 4.69) is 6.92 Å². The standard InChI is InChI=1S/C30H42O6/c1-4-6-7-8-9-10-11-12-22-34-27-17-13-26(14-18-27)30(32)36-28-19-15-25(16-20-28)29(31)35-24(3)23-33-21-5-2/h13-20,24H,4-12,21-23H2,1-3H3. The molecule has 2 aromatic rings. The summed E-state index contributed by atoms with van der Waals surface area (Å²) in [6.07, 6.45) is 10.6. The van der Waals surface area contributed by atoms with Crippen LogP contribution in [0.1, 0.15) is 99.3 Å². The predicted molar refractivity (Wildman–Crippen MR) is 142 cm³/mol. The first-order chi connectivity index (χ1) is 17.5. The Bertz CT molecular complexity index is 875. The average Bonchev–Trinajstić information content (AvgIpc) is 2.88. The van der Waals surface area contributed by atoms with E-state index in [-0.39, 0.29) is 6.10 Å². The molecule has 0 aliphatic rings. The van der Waals surface area contributed by atoms with Gasteiger partial charge in [-0.2, -0.15) is 0 Å². The SMILES string of the molecule is CCCCCCCCCCOc1ccc(C(=O)Oc2ccc(C(=O)OC(C)COCCC)cc2)cc1. The number of hydrogen-bond acceptors (Lipinski definition) is 6. The molecule has 0 N–H and O–H groups in total. The number of unbranched alkanes of at least 4 members (excludes halogenated alkanes) is 7. The molecule has 0 aromatic heterocycles. The summed E-state index contributed by atoms with van der Waals surface area (Å²) in [4.78, 5) is 24.7. The van der Waals surface area contributed by atoms with E-state index in [1.807, 2.05) is 6.92 Å². The molecule has 6 nitrogen and oxygen atoms in total. The van der Waals surface area contributed by atoms with Crippen LogP contribution in [0.4, 0.5) is 0 Å². The molecule has 6 heteroatoms. The van der Waals surface area contributed by atoms with Crippen LogP contribution in [0.2, 0.25) is 0 Å². The predicted octanol–water partition coefficient (Wildman–Crippen LogP) is 7.40. The van der Waals surface area contributed by atoms with Crippen molar-refractivity contribution < 1.29 is 28.5 Å². The third kappa shape index (κ3) is 11.7. The topological polar surface area (TPSA) is 71.1 Å². The second-order valence-electron chi connectivity index (χ2n) is 9.05. The molecule has 2 aromatic carbocycles. The number of rotatable bonds is 18. The van der Waals surface area contributed by atoms with Crippen LogP contribution in [-0.2, 0) is 9.47 Å². The summed E-state index contributed by atoms with van der Waals surface area (Å²) in [6, 6.07) is 13.3. The van der Waals surface area contributed by atoms with Gasteiger partial charge in [0.1, 0.15) is 17.6 Å². The minimum absolute atomic E-state index is 0.339. The van der Waals surface area contributed by atoms with Gasteiger partial charge in [-0.3, -0.25) is 0 Å². The number of hydrogen-bond donors (Lipinski definition) is 0. The number of esters is 2. The van der Waals surface area contributed by atoms with E-state index in [1.54, 1.807) is 55.5 Å². The van der Waals surface area contributed by atoms with Crippen molar-refractivity contribution in [3.8, 4) is 11.5 Å². The van der Waals surface area contributed by atoms with Gasteiger partial charge in [0.15, 0.2) is 0 Å². The Labute approximate surface area is 216 Å². The summed E-state index contributed by atoms with van der Waals surface area (Å²) < 4.78 is 22.0. The quantitative estimate of drug-likeness (QED) is 0.121. The summed E-state index contributed by atoms with van der Waals surface area (Å²) >= 11 is 0. The Morgan fingerprint density at radius 3 is 1.83 bits per heavy atom. The highest BCUT2D eigenvalue weighted by molar-refractivity contribution is 5.92. The zero-order valence-electron chi connectivity index (χ0n) is 22.1. The average molecular weight is 499 g/mol. The lowest BCUT2D eigenvalue weighted by molar-refractivity contribution is 0.00226. The molecule has 198 valence electrons. The fourth-order valence-corrected chi connectivity index (χ4v) is 3.62. The van der Waals surface area contributed by atoms with Gasteiger partial charge in [-0.25, -0.2) is 9.59 Å². The van der Waals surface area contributed by atoms with Crippen LogP contribution in [0.15, 0.2) is 48.5 Å². The van der Waals surface area contributed by atoms with Crippen LogP contribution in [0, 0.1) is 0 Å². The molecule has 0 amide bonds. The monoisotopic (exact) mass is 498 g/mol. The molecule has 0 heterocycles. The van der Waals surface area contributed by atoms with Gasteiger partial charge in [-0.15, -0.1) is 0 Å².